The van der Waals surface area contributed by atoms with Crippen molar-refractivity contribution in [1.82, 2.24) is 0 Å². The number of nitrogens with zero attached hydrogens (tertiary/aromatic N) is 1. The highest BCUT2D eigenvalue weighted by Crippen LogP contribution is 2.65. The van der Waals surface area contributed by atoms with E-state index in [1.807, 2.05) is 0 Å². The van der Waals surface area contributed by atoms with Crippen molar-refractivity contribution in [2.24, 2.45) is 35.5 Å². The Morgan fingerprint density at radius 1 is 0.903 bits per heavy atom. The number of halogens is 2. The van der Waals surface area contributed by atoms with E-state index in [-0.39, 0.29) is 41.4 Å². The van der Waals surface area contributed by atoms with Gasteiger partial charge in [0.2, 0.25) is 11.8 Å². The van der Waals surface area contributed by atoms with Crippen LogP contribution in [0.3, 0.4) is 0 Å². The largest absolute Gasteiger partial charge is 0.322 e. The monoisotopic (exact) mass is 452 g/mol. The number of allylic oxidation sites excluding steroid dienone is 2. The maximum atomic E-state index is 13.3. The summed E-state index contributed by atoms with van der Waals surface area (Å²) in [6.07, 6.45) is 5.42. The van der Waals surface area contributed by atoms with E-state index in [0.29, 0.717) is 38.8 Å². The number of carbonyl (C=O) groups is 3. The molecule has 3 amide bonds. The number of imide groups is 1. The van der Waals surface area contributed by atoms with Gasteiger partial charge in [-0.3, -0.25) is 14.4 Å². The number of rotatable bonds is 3. The Balaban J connectivity index is 1.28. The maximum Gasteiger partial charge on any atom is 0.255 e. The molecule has 1 saturated heterocycles. The van der Waals surface area contributed by atoms with Gasteiger partial charge in [0.25, 0.3) is 5.91 Å². The van der Waals surface area contributed by atoms with Gasteiger partial charge in [-0.15, -0.1) is 0 Å². The molecule has 31 heavy (non-hydrogen) atoms. The molecule has 7 rings (SSSR count). The molecule has 4 aliphatic carbocycles. The van der Waals surface area contributed by atoms with Crippen molar-refractivity contribution in [1.29, 1.82) is 0 Å². The second-order valence-corrected chi connectivity index (χ2v) is 9.61. The normalized spacial score (nSPS) is 32.1. The first-order chi connectivity index (χ1) is 14.9. The van der Waals surface area contributed by atoms with Crippen LogP contribution in [-0.4, -0.2) is 17.7 Å². The zero-order chi connectivity index (χ0) is 21.4. The lowest BCUT2D eigenvalue weighted by atomic mass is 9.63. The summed E-state index contributed by atoms with van der Waals surface area (Å²) >= 11 is 11.9. The van der Waals surface area contributed by atoms with Crippen molar-refractivity contribution in [3.63, 3.8) is 0 Å². The average Bonchev–Trinajstić information content (AvgIpc) is 3.54. The van der Waals surface area contributed by atoms with Crippen LogP contribution in [0.2, 0.25) is 10.0 Å². The SMILES string of the molecule is O=C(Nc1ccc(Cl)c(Cl)c1)c1cccc(N2C(=O)[C@@H]3[C@H]4C=C[C@@H]([C@@H]5C[C@@H]45)[C@H]3C2=O)c1. The third kappa shape index (κ3) is 2.80. The van der Waals surface area contributed by atoms with Gasteiger partial charge in [0.1, 0.15) is 0 Å². The standard InChI is InChI=1S/C24H18Cl2N2O3/c25-18-7-4-12(9-19(18)26)27-22(29)11-2-1-3-13(8-11)28-23(30)20-14-5-6-15(17-10-16(14)17)21(20)24(28)31/h1-9,14-17,20-21H,10H2,(H,27,29)/t14-,15-,16-,17-,20+,21+/m0/s1. The van der Waals surface area contributed by atoms with Gasteiger partial charge in [0.05, 0.1) is 27.6 Å². The van der Waals surface area contributed by atoms with Gasteiger partial charge in [-0.25, -0.2) is 4.90 Å². The summed E-state index contributed by atoms with van der Waals surface area (Å²) in [4.78, 5) is 40.6. The fourth-order valence-electron chi connectivity index (χ4n) is 5.77. The van der Waals surface area contributed by atoms with Crippen LogP contribution in [0.15, 0.2) is 54.6 Å². The summed E-state index contributed by atoms with van der Waals surface area (Å²) in [6, 6.07) is 11.5. The minimum atomic E-state index is -0.361. The fraction of sp³-hybridized carbons (Fsp3) is 0.292. The third-order valence-electron chi connectivity index (χ3n) is 7.21. The highest BCUT2D eigenvalue weighted by Gasteiger charge is 2.67. The van der Waals surface area contributed by atoms with Crippen LogP contribution >= 0.6 is 23.2 Å². The van der Waals surface area contributed by atoms with Crippen LogP contribution in [0.25, 0.3) is 0 Å². The first-order valence-corrected chi connectivity index (χ1v) is 11.1. The zero-order valence-corrected chi connectivity index (χ0v) is 17.8. The number of benzene rings is 2. The van der Waals surface area contributed by atoms with E-state index in [9.17, 15) is 14.4 Å². The van der Waals surface area contributed by atoms with E-state index in [2.05, 4.69) is 17.5 Å². The highest BCUT2D eigenvalue weighted by molar-refractivity contribution is 6.42. The van der Waals surface area contributed by atoms with Crippen LogP contribution in [0.4, 0.5) is 11.4 Å². The molecule has 2 aromatic rings. The summed E-state index contributed by atoms with van der Waals surface area (Å²) in [5, 5.41) is 3.51. The Kier molecular flexibility index (Phi) is 4.11. The van der Waals surface area contributed by atoms with Crippen molar-refractivity contribution in [2.75, 3.05) is 10.2 Å². The Labute approximate surface area is 189 Å². The molecule has 0 spiro atoms. The lowest BCUT2D eigenvalue weighted by Gasteiger charge is -2.37. The Bertz CT molecular complexity index is 1160. The molecule has 1 aliphatic heterocycles. The van der Waals surface area contributed by atoms with Gasteiger partial charge in [-0.05, 0) is 66.5 Å². The lowest BCUT2D eigenvalue weighted by Crippen LogP contribution is -2.40. The van der Waals surface area contributed by atoms with Gasteiger partial charge < -0.3 is 5.32 Å². The first-order valence-electron chi connectivity index (χ1n) is 10.4. The molecule has 6 atom stereocenters. The van der Waals surface area contributed by atoms with Crippen LogP contribution in [0.1, 0.15) is 16.8 Å². The molecular weight excluding hydrogens is 435 g/mol. The lowest BCUT2D eigenvalue weighted by molar-refractivity contribution is -0.124. The smallest absolute Gasteiger partial charge is 0.255 e. The molecule has 2 aromatic carbocycles. The highest BCUT2D eigenvalue weighted by atomic mass is 35.5. The fourth-order valence-corrected chi connectivity index (χ4v) is 6.07. The molecule has 7 heteroatoms. The Morgan fingerprint density at radius 3 is 2.23 bits per heavy atom. The van der Waals surface area contributed by atoms with Gasteiger partial charge in [0, 0.05) is 11.3 Å². The molecule has 1 N–H and O–H groups in total. The van der Waals surface area contributed by atoms with E-state index in [0.717, 1.165) is 6.42 Å². The number of carbonyl (C=O) groups excluding carboxylic acids is 3. The molecule has 5 aliphatic rings. The van der Waals surface area contributed by atoms with Gasteiger partial charge in [-0.1, -0.05) is 41.4 Å². The minimum Gasteiger partial charge on any atom is -0.322 e. The Hall–Kier alpha value is -2.63. The molecule has 1 heterocycles. The van der Waals surface area contributed by atoms with Gasteiger partial charge in [-0.2, -0.15) is 0 Å². The Morgan fingerprint density at radius 2 is 1.58 bits per heavy atom. The van der Waals surface area contributed by atoms with Crippen LogP contribution in [0, 0.1) is 35.5 Å². The second-order valence-electron chi connectivity index (χ2n) is 8.80. The molecule has 0 unspecified atom stereocenters. The molecular formula is C24H18Cl2N2O3. The molecule has 0 radical (unpaired) electrons. The predicted molar refractivity (Wildman–Crippen MR) is 118 cm³/mol. The molecule has 0 aromatic heterocycles. The minimum absolute atomic E-state index is 0.137. The van der Waals surface area contributed by atoms with Crippen molar-refractivity contribution >= 4 is 52.3 Å². The molecule has 5 nitrogen and oxygen atoms in total. The third-order valence-corrected chi connectivity index (χ3v) is 7.95. The van der Waals surface area contributed by atoms with E-state index in [4.69, 9.17) is 23.2 Å². The van der Waals surface area contributed by atoms with Crippen molar-refractivity contribution in [3.05, 3.63) is 70.2 Å². The molecule has 3 fully saturated rings. The van der Waals surface area contributed by atoms with Gasteiger partial charge in [0.15, 0.2) is 0 Å². The summed E-state index contributed by atoms with van der Waals surface area (Å²) in [5.74, 6) is 0.279. The van der Waals surface area contributed by atoms with Gasteiger partial charge >= 0.3 is 0 Å². The van der Waals surface area contributed by atoms with Crippen molar-refractivity contribution in [3.8, 4) is 0 Å². The summed E-state index contributed by atoms with van der Waals surface area (Å²) in [7, 11) is 0. The number of hydrogen-bond acceptors (Lipinski definition) is 3. The number of anilines is 2. The average molecular weight is 453 g/mol. The van der Waals surface area contributed by atoms with Crippen molar-refractivity contribution < 1.29 is 14.4 Å². The molecule has 2 bridgehead atoms. The summed E-state index contributed by atoms with van der Waals surface area (Å²) in [6.45, 7) is 0. The molecule has 156 valence electrons. The maximum absolute atomic E-state index is 13.3. The van der Waals surface area contributed by atoms with E-state index < -0.39 is 0 Å². The van der Waals surface area contributed by atoms with Crippen LogP contribution in [0.5, 0.6) is 0 Å². The van der Waals surface area contributed by atoms with Crippen LogP contribution in [-0.2, 0) is 9.59 Å². The number of nitrogens with one attached hydrogen (secondary N) is 1. The van der Waals surface area contributed by atoms with Crippen molar-refractivity contribution in [2.45, 2.75) is 6.42 Å². The number of amides is 3. The van der Waals surface area contributed by atoms with Crippen LogP contribution < -0.4 is 10.2 Å². The predicted octanol–water partition coefficient (Wildman–Crippen LogP) is 4.80. The second kappa shape index (κ2) is 6.68. The topological polar surface area (TPSA) is 66.5 Å². The number of hydrogen-bond donors (Lipinski definition) is 1. The molecule has 2 saturated carbocycles. The quantitative estimate of drug-likeness (QED) is 0.536. The summed E-state index contributed by atoms with van der Waals surface area (Å²) in [5.41, 5.74) is 1.30. The van der Waals surface area contributed by atoms with E-state index in [1.54, 1.807) is 42.5 Å². The first kappa shape index (κ1) is 19.1. The zero-order valence-electron chi connectivity index (χ0n) is 16.3. The summed E-state index contributed by atoms with van der Waals surface area (Å²) < 4.78 is 0. The van der Waals surface area contributed by atoms with E-state index >= 15 is 0 Å². The van der Waals surface area contributed by atoms with E-state index in [1.165, 1.54) is 4.90 Å².